The third-order valence-corrected chi connectivity index (χ3v) is 4.47. The summed E-state index contributed by atoms with van der Waals surface area (Å²) in [5.74, 6) is -0.284. The molecule has 0 saturated carbocycles. The van der Waals surface area contributed by atoms with Gasteiger partial charge in [-0.1, -0.05) is 12.1 Å². The lowest BCUT2D eigenvalue weighted by molar-refractivity contribution is 0.0156. The number of ether oxygens (including phenoxy) is 2. The molecule has 0 spiro atoms. The second-order valence-corrected chi connectivity index (χ2v) is 6.15. The molecule has 2 heterocycles. The standard InChI is InChI=1S/C17H23FN2O3/c1-12-11-22-10-8-20(12)17(21)19-16(15-3-2-9-23-15)13-4-6-14(18)7-5-13/h4-7,12,15-16H,2-3,8-11H2,1H3,(H,19,21)/t12-,15+,16-/m1/s1. The summed E-state index contributed by atoms with van der Waals surface area (Å²) in [4.78, 5) is 14.4. The fourth-order valence-corrected chi connectivity index (χ4v) is 3.17. The average molecular weight is 322 g/mol. The van der Waals surface area contributed by atoms with Crippen molar-refractivity contribution in [2.45, 2.75) is 38.0 Å². The fourth-order valence-electron chi connectivity index (χ4n) is 3.17. The van der Waals surface area contributed by atoms with Crippen molar-refractivity contribution in [1.29, 1.82) is 0 Å². The van der Waals surface area contributed by atoms with Crippen LogP contribution >= 0.6 is 0 Å². The monoisotopic (exact) mass is 322 g/mol. The van der Waals surface area contributed by atoms with Crippen LogP contribution in [0.2, 0.25) is 0 Å². The van der Waals surface area contributed by atoms with E-state index in [9.17, 15) is 9.18 Å². The lowest BCUT2D eigenvalue weighted by Crippen LogP contribution is -2.53. The van der Waals surface area contributed by atoms with E-state index in [-0.39, 0.29) is 30.0 Å². The minimum Gasteiger partial charge on any atom is -0.377 e. The zero-order valence-corrected chi connectivity index (χ0v) is 13.3. The van der Waals surface area contributed by atoms with Crippen LogP contribution in [0.15, 0.2) is 24.3 Å². The molecule has 1 aromatic rings. The highest BCUT2D eigenvalue weighted by Gasteiger charge is 2.32. The first kappa shape index (κ1) is 16.2. The van der Waals surface area contributed by atoms with Crippen molar-refractivity contribution in [2.75, 3.05) is 26.4 Å². The summed E-state index contributed by atoms with van der Waals surface area (Å²) in [5.41, 5.74) is 0.868. The van der Waals surface area contributed by atoms with Crippen LogP contribution < -0.4 is 5.32 Å². The number of rotatable bonds is 3. The van der Waals surface area contributed by atoms with Crippen molar-refractivity contribution in [2.24, 2.45) is 0 Å². The summed E-state index contributed by atoms with van der Waals surface area (Å²) in [6, 6.07) is 5.92. The third-order valence-electron chi connectivity index (χ3n) is 4.47. The molecule has 2 fully saturated rings. The second-order valence-electron chi connectivity index (χ2n) is 6.15. The topological polar surface area (TPSA) is 50.8 Å². The molecule has 23 heavy (non-hydrogen) atoms. The first-order chi connectivity index (χ1) is 11.1. The molecule has 1 aromatic carbocycles. The molecule has 0 aliphatic carbocycles. The van der Waals surface area contributed by atoms with Crippen LogP contribution in [0.1, 0.15) is 31.4 Å². The van der Waals surface area contributed by atoms with Crippen molar-refractivity contribution >= 4 is 6.03 Å². The Kier molecular flexibility index (Phi) is 5.13. The van der Waals surface area contributed by atoms with E-state index in [0.717, 1.165) is 18.4 Å². The van der Waals surface area contributed by atoms with Gasteiger partial charge in [-0.2, -0.15) is 0 Å². The van der Waals surface area contributed by atoms with E-state index in [1.165, 1.54) is 12.1 Å². The molecule has 126 valence electrons. The highest BCUT2D eigenvalue weighted by Crippen LogP contribution is 2.27. The van der Waals surface area contributed by atoms with Crippen LogP contribution in [0.3, 0.4) is 0 Å². The zero-order chi connectivity index (χ0) is 16.2. The number of morpholine rings is 1. The normalized spacial score (nSPS) is 26.1. The molecule has 0 radical (unpaired) electrons. The van der Waals surface area contributed by atoms with Crippen LogP contribution in [-0.4, -0.2) is 49.4 Å². The predicted octanol–water partition coefficient (Wildman–Crippen LogP) is 2.48. The van der Waals surface area contributed by atoms with Gasteiger partial charge >= 0.3 is 6.03 Å². The molecule has 3 rings (SSSR count). The van der Waals surface area contributed by atoms with E-state index in [2.05, 4.69) is 5.32 Å². The molecule has 5 nitrogen and oxygen atoms in total. The second kappa shape index (κ2) is 7.27. The van der Waals surface area contributed by atoms with Gasteiger partial charge in [-0.3, -0.25) is 0 Å². The van der Waals surface area contributed by atoms with Crippen LogP contribution in [0.5, 0.6) is 0 Å². The van der Waals surface area contributed by atoms with Crippen molar-refractivity contribution < 1.29 is 18.7 Å². The van der Waals surface area contributed by atoms with Crippen LogP contribution in [0.25, 0.3) is 0 Å². The summed E-state index contributed by atoms with van der Waals surface area (Å²) >= 11 is 0. The Bertz CT molecular complexity index is 531. The summed E-state index contributed by atoms with van der Waals surface area (Å²) in [7, 11) is 0. The van der Waals surface area contributed by atoms with Gasteiger partial charge in [0.25, 0.3) is 0 Å². The summed E-state index contributed by atoms with van der Waals surface area (Å²) in [5, 5.41) is 3.08. The molecule has 2 aliphatic heterocycles. The Hall–Kier alpha value is -1.66. The van der Waals surface area contributed by atoms with Crippen molar-refractivity contribution in [3.05, 3.63) is 35.6 Å². The Morgan fingerprint density at radius 1 is 1.35 bits per heavy atom. The quantitative estimate of drug-likeness (QED) is 0.930. The van der Waals surface area contributed by atoms with Gasteiger partial charge in [0.15, 0.2) is 0 Å². The van der Waals surface area contributed by atoms with E-state index in [1.54, 1.807) is 17.0 Å². The van der Waals surface area contributed by atoms with Gasteiger partial charge in [-0.05, 0) is 37.5 Å². The third kappa shape index (κ3) is 3.82. The highest BCUT2D eigenvalue weighted by atomic mass is 19.1. The van der Waals surface area contributed by atoms with Crippen LogP contribution in [-0.2, 0) is 9.47 Å². The molecule has 2 amide bonds. The van der Waals surface area contributed by atoms with Crippen molar-refractivity contribution in [3.63, 3.8) is 0 Å². The van der Waals surface area contributed by atoms with Crippen molar-refractivity contribution in [3.8, 4) is 0 Å². The van der Waals surface area contributed by atoms with Crippen LogP contribution in [0, 0.1) is 5.82 Å². The number of carbonyl (C=O) groups excluding carboxylic acids is 1. The van der Waals surface area contributed by atoms with E-state index in [1.807, 2.05) is 6.92 Å². The summed E-state index contributed by atoms with van der Waals surface area (Å²) < 4.78 is 24.3. The number of nitrogens with one attached hydrogen (secondary N) is 1. The molecule has 0 bridgehead atoms. The number of benzene rings is 1. The molecule has 6 heteroatoms. The van der Waals surface area contributed by atoms with Gasteiger partial charge < -0.3 is 19.7 Å². The molecule has 0 unspecified atom stereocenters. The average Bonchev–Trinajstić information content (AvgIpc) is 3.08. The molecule has 2 saturated heterocycles. The summed E-state index contributed by atoms with van der Waals surface area (Å²) in [6.07, 6.45) is 1.80. The number of halogens is 1. The SMILES string of the molecule is C[C@@H]1COCCN1C(=O)N[C@H](c1ccc(F)cc1)[C@@H]1CCCO1. The zero-order valence-electron chi connectivity index (χ0n) is 13.3. The number of hydrogen-bond donors (Lipinski definition) is 1. The Morgan fingerprint density at radius 2 is 2.13 bits per heavy atom. The Balaban J connectivity index is 1.75. The van der Waals surface area contributed by atoms with Gasteiger partial charge in [-0.25, -0.2) is 9.18 Å². The van der Waals surface area contributed by atoms with Gasteiger partial charge in [-0.15, -0.1) is 0 Å². The minimum absolute atomic E-state index is 0.0436. The number of amides is 2. The maximum absolute atomic E-state index is 13.2. The molecule has 3 atom stereocenters. The number of urea groups is 1. The van der Waals surface area contributed by atoms with Crippen molar-refractivity contribution in [1.82, 2.24) is 10.2 Å². The highest BCUT2D eigenvalue weighted by molar-refractivity contribution is 5.75. The van der Waals surface area contributed by atoms with Gasteiger partial charge in [0.2, 0.25) is 0 Å². The molecule has 0 aromatic heterocycles. The minimum atomic E-state index is -0.284. The largest absolute Gasteiger partial charge is 0.377 e. The van der Waals surface area contributed by atoms with E-state index in [4.69, 9.17) is 9.47 Å². The van der Waals surface area contributed by atoms with E-state index < -0.39 is 0 Å². The number of nitrogens with zero attached hydrogens (tertiary/aromatic N) is 1. The molecule has 2 aliphatic rings. The van der Waals surface area contributed by atoms with E-state index >= 15 is 0 Å². The predicted molar refractivity (Wildman–Crippen MR) is 83.6 cm³/mol. The fraction of sp³-hybridized carbons (Fsp3) is 0.588. The molecular formula is C17H23FN2O3. The summed E-state index contributed by atoms with van der Waals surface area (Å²) in [6.45, 7) is 4.35. The number of carbonyl (C=O) groups is 1. The van der Waals surface area contributed by atoms with Gasteiger partial charge in [0.1, 0.15) is 5.82 Å². The molecule has 1 N–H and O–H groups in total. The first-order valence-electron chi connectivity index (χ1n) is 8.17. The maximum atomic E-state index is 13.2. The number of hydrogen-bond acceptors (Lipinski definition) is 3. The lowest BCUT2D eigenvalue weighted by Gasteiger charge is -2.35. The Morgan fingerprint density at radius 3 is 2.78 bits per heavy atom. The van der Waals surface area contributed by atoms with Crippen LogP contribution in [0.4, 0.5) is 9.18 Å². The van der Waals surface area contributed by atoms with E-state index in [0.29, 0.717) is 26.4 Å². The lowest BCUT2D eigenvalue weighted by atomic mass is 9.99. The smallest absolute Gasteiger partial charge is 0.318 e. The first-order valence-corrected chi connectivity index (χ1v) is 8.17. The Labute approximate surface area is 135 Å². The maximum Gasteiger partial charge on any atom is 0.318 e. The van der Waals surface area contributed by atoms with Gasteiger partial charge in [0.05, 0.1) is 31.4 Å². The molecular weight excluding hydrogens is 299 g/mol. The van der Waals surface area contributed by atoms with Gasteiger partial charge in [0, 0.05) is 13.2 Å².